The molecule has 2 N–H and O–H groups in total. The van der Waals surface area contributed by atoms with Gasteiger partial charge in [-0.3, -0.25) is 4.57 Å². The Hall–Kier alpha value is 0.565. The van der Waals surface area contributed by atoms with Gasteiger partial charge in [-0.05, 0) is 12.5 Å². The summed E-state index contributed by atoms with van der Waals surface area (Å²) in [5.74, 6) is 0.832. The second-order valence-corrected chi connectivity index (χ2v) is 6.37. The summed E-state index contributed by atoms with van der Waals surface area (Å²) in [4.78, 5) is 17.9. The highest BCUT2D eigenvalue weighted by Crippen LogP contribution is 2.42. The highest BCUT2D eigenvalue weighted by molar-refractivity contribution is 14.1. The summed E-state index contributed by atoms with van der Waals surface area (Å²) < 4.78 is 27.3. The lowest BCUT2D eigenvalue weighted by Gasteiger charge is -2.46. The minimum Gasteiger partial charge on any atom is -0.380 e. The van der Waals surface area contributed by atoms with Crippen molar-refractivity contribution >= 4 is 38.4 Å². The van der Waals surface area contributed by atoms with Crippen LogP contribution >= 0.6 is 30.6 Å². The first-order chi connectivity index (χ1) is 8.78. The van der Waals surface area contributed by atoms with Crippen LogP contribution in [0.5, 0.6) is 0 Å². The molecule has 0 saturated carbocycles. The minimum absolute atomic E-state index is 0.317. The Morgan fingerprint density at radius 3 is 2.68 bits per heavy atom. The molecule has 0 aromatic carbocycles. The molecule has 6 nitrogen and oxygen atoms in total. The highest BCUT2D eigenvalue weighted by Gasteiger charge is 2.46. The van der Waals surface area contributed by atoms with Gasteiger partial charge in [0.15, 0.2) is 0 Å². The van der Waals surface area contributed by atoms with Gasteiger partial charge in [-0.15, -0.1) is 0 Å². The zero-order valence-electron chi connectivity index (χ0n) is 10.7. The third kappa shape index (κ3) is 4.52. The van der Waals surface area contributed by atoms with Crippen molar-refractivity contribution in [3.63, 3.8) is 0 Å². The first-order valence-electron chi connectivity index (χ1n) is 5.77. The van der Waals surface area contributed by atoms with Gasteiger partial charge in [0, 0.05) is 25.4 Å². The van der Waals surface area contributed by atoms with Crippen molar-refractivity contribution in [2.75, 3.05) is 7.11 Å². The van der Waals surface area contributed by atoms with E-state index in [1.807, 2.05) is 6.92 Å². The van der Waals surface area contributed by atoms with Crippen LogP contribution in [0.2, 0.25) is 0 Å². The predicted octanol–water partition coefficient (Wildman–Crippen LogP) is 1.49. The average Bonchev–Trinajstić information content (AvgIpc) is 2.35. The van der Waals surface area contributed by atoms with Crippen LogP contribution in [0.15, 0.2) is 11.9 Å². The maximum Gasteiger partial charge on any atom is 0.348 e. The summed E-state index contributed by atoms with van der Waals surface area (Å²) >= 11 is 1.74. The molecule has 0 aromatic rings. The van der Waals surface area contributed by atoms with Crippen molar-refractivity contribution < 1.29 is 26.9 Å². The molecule has 1 fully saturated rings. The molecule has 0 spiro atoms. The number of hydrogen-bond acceptors (Lipinski definition) is 4. The van der Waals surface area contributed by atoms with Crippen LogP contribution in [0.3, 0.4) is 0 Å². The van der Waals surface area contributed by atoms with Gasteiger partial charge in [0.1, 0.15) is 42.6 Å². The van der Waals surface area contributed by atoms with Gasteiger partial charge in [-0.25, -0.2) is 0 Å². The molecule has 2 radical (unpaired) electrons. The van der Waals surface area contributed by atoms with E-state index in [0.29, 0.717) is 12.8 Å². The second kappa shape index (κ2) is 7.02. The third-order valence-electron chi connectivity index (χ3n) is 3.23. The van der Waals surface area contributed by atoms with Crippen LogP contribution < -0.4 is 0 Å². The summed E-state index contributed by atoms with van der Waals surface area (Å²) in [5.41, 5.74) is -0.962. The summed E-state index contributed by atoms with van der Waals surface area (Å²) in [6.45, 7) is 1.84. The Kier molecular flexibility index (Phi) is 6.51. The van der Waals surface area contributed by atoms with E-state index in [-0.39, 0.29) is 6.10 Å². The van der Waals surface area contributed by atoms with Gasteiger partial charge in [-0.1, -0.05) is 6.92 Å². The molecule has 0 amide bonds. The molecule has 1 aliphatic rings. The first kappa shape index (κ1) is 17.6. The van der Waals surface area contributed by atoms with E-state index < -0.39 is 25.3 Å². The molecule has 19 heavy (non-hydrogen) atoms. The van der Waals surface area contributed by atoms with Crippen LogP contribution in [0.4, 0.5) is 0 Å². The smallest absolute Gasteiger partial charge is 0.348 e. The van der Waals surface area contributed by atoms with E-state index in [0.717, 1.165) is 5.82 Å². The number of hydrogen-bond donors (Lipinski definition) is 2. The monoisotopic (exact) mass is 402 g/mol. The fourth-order valence-electron chi connectivity index (χ4n) is 2.09. The van der Waals surface area contributed by atoms with Crippen molar-refractivity contribution in [1.82, 2.24) is 0 Å². The molecule has 1 heterocycles. The number of ether oxygens (including phenoxy) is 2. The summed E-state index contributed by atoms with van der Waals surface area (Å²) in [7, 11) is 3.14. The predicted molar refractivity (Wildman–Crippen MR) is 79.1 cm³/mol. The van der Waals surface area contributed by atoms with Crippen LogP contribution in [0.25, 0.3) is 0 Å². The van der Waals surface area contributed by atoms with Gasteiger partial charge < -0.3 is 22.3 Å². The molecule has 9 heteroatoms. The molecule has 108 valence electrons. The summed E-state index contributed by atoms with van der Waals surface area (Å²) in [6.07, 6.45) is 1.60. The highest BCUT2D eigenvalue weighted by atomic mass is 127. The maximum absolute atomic E-state index is 11.0. The topological polar surface area (TPSA) is 85.2 Å². The van der Waals surface area contributed by atoms with E-state index in [1.54, 1.807) is 23.0 Å². The summed E-state index contributed by atoms with van der Waals surface area (Å²) in [6, 6.07) is -0.672. The Bertz CT molecular complexity index is 375. The number of halogens is 1. The number of methoxy groups -OCH3 is 1. The van der Waals surface area contributed by atoms with Gasteiger partial charge in [0.2, 0.25) is 0 Å². The molecule has 1 rings (SSSR count). The molecule has 1 aliphatic heterocycles. The van der Waals surface area contributed by atoms with Crippen molar-refractivity contribution in [3.8, 4) is 0 Å². The molecule has 0 bridgehead atoms. The lowest BCUT2D eigenvalue weighted by Crippen LogP contribution is -2.56. The van der Waals surface area contributed by atoms with E-state index in [1.165, 1.54) is 13.2 Å². The lowest BCUT2D eigenvalue weighted by atomic mass is 9.79. The zero-order chi connectivity index (χ0) is 14.7. The molecule has 4 atom stereocenters. The van der Waals surface area contributed by atoms with E-state index in [2.05, 4.69) is 0 Å². The molecular weight excluding hydrogens is 385 g/mol. The van der Waals surface area contributed by atoms with Gasteiger partial charge >= 0.3 is 7.60 Å². The van der Waals surface area contributed by atoms with E-state index in [4.69, 9.17) is 30.2 Å². The Labute approximate surface area is 128 Å². The molecule has 1 saturated heterocycles. The normalized spacial score (nSPS) is 36.8. The van der Waals surface area contributed by atoms with Crippen LogP contribution in [-0.4, -0.2) is 48.6 Å². The number of rotatable bonds is 5. The molecule has 1 unspecified atom stereocenters. The van der Waals surface area contributed by atoms with Crippen molar-refractivity contribution in [3.05, 3.63) is 11.9 Å². The summed E-state index contributed by atoms with van der Waals surface area (Å²) in [5, 5.41) is 0. The largest absolute Gasteiger partial charge is 0.380 e. The van der Waals surface area contributed by atoms with Crippen molar-refractivity contribution in [1.29, 1.82) is 0 Å². The van der Waals surface area contributed by atoms with E-state index in [9.17, 15) is 4.57 Å². The second-order valence-electron chi connectivity index (χ2n) is 4.38. The van der Waals surface area contributed by atoms with Crippen LogP contribution in [0, 0.1) is 0 Å². The average molecular weight is 402 g/mol. The third-order valence-corrected chi connectivity index (χ3v) is 4.38. The van der Waals surface area contributed by atoms with Crippen molar-refractivity contribution in [2.45, 2.75) is 43.6 Å². The molecule has 0 aromatic heterocycles. The molecule has 0 aliphatic carbocycles. The van der Waals surface area contributed by atoms with Crippen LogP contribution in [-0.2, 0) is 17.1 Å². The van der Waals surface area contributed by atoms with Gasteiger partial charge in [-0.2, -0.15) is 0 Å². The van der Waals surface area contributed by atoms with E-state index >= 15 is 0 Å². The quantitative estimate of drug-likeness (QED) is 0.412. The fourth-order valence-corrected chi connectivity index (χ4v) is 3.18. The zero-order valence-corrected chi connectivity index (χ0v) is 13.8. The van der Waals surface area contributed by atoms with Gasteiger partial charge in [0.05, 0.1) is 6.10 Å². The standard InChI is InChI=1S/C10H17BIO6P/c1-3-10(4-5-19(13,14)15)8(18-12)6-7(16-2)9(11)17-10/h4-5,7-9H,3,6H2,1-2H3,(H2,13,14,15)/b5-4+/t7-,8+,9?,10-/m1/s1. The molecular formula is C10H17BIO6P. The van der Waals surface area contributed by atoms with Crippen molar-refractivity contribution in [2.24, 2.45) is 0 Å². The Morgan fingerprint density at radius 2 is 2.26 bits per heavy atom. The Balaban J connectivity index is 3.02. The fraction of sp³-hybridized carbons (Fsp3) is 0.800. The SMILES string of the molecule is [B]C1O[C@@](/C=C/P(=O)(O)O)(CC)[C@@H](OI)C[C@H]1OC. The maximum atomic E-state index is 11.0. The minimum atomic E-state index is -4.26. The van der Waals surface area contributed by atoms with Crippen LogP contribution in [0.1, 0.15) is 19.8 Å². The van der Waals surface area contributed by atoms with Gasteiger partial charge in [0.25, 0.3) is 0 Å². The lowest BCUT2D eigenvalue weighted by molar-refractivity contribution is -0.172. The first-order valence-corrected chi connectivity index (χ1v) is 8.33. The Morgan fingerprint density at radius 1 is 1.63 bits per heavy atom.